The summed E-state index contributed by atoms with van der Waals surface area (Å²) in [4.78, 5) is 25.5. The summed E-state index contributed by atoms with van der Waals surface area (Å²) in [6.45, 7) is 0. The first-order valence-corrected chi connectivity index (χ1v) is 5.90. The molecule has 0 saturated heterocycles. The van der Waals surface area contributed by atoms with Gasteiger partial charge in [0.05, 0.1) is 0 Å². The van der Waals surface area contributed by atoms with Crippen LogP contribution in [0.25, 0.3) is 0 Å². The molecule has 2 atom stereocenters. The second kappa shape index (κ2) is 4.75. The SMILES string of the molecule is Cn1c(=O)cc(NC2CCCCC2N)[nH]c1=O. The van der Waals surface area contributed by atoms with Gasteiger partial charge in [-0.05, 0) is 12.8 Å². The van der Waals surface area contributed by atoms with Crippen LogP contribution >= 0.6 is 0 Å². The summed E-state index contributed by atoms with van der Waals surface area (Å²) in [5, 5.41) is 3.15. The Bertz CT molecular complexity index is 474. The average Bonchev–Trinajstić information content (AvgIpc) is 2.29. The van der Waals surface area contributed by atoms with Crippen LogP contribution in [0.2, 0.25) is 0 Å². The Hall–Kier alpha value is -1.56. The summed E-state index contributed by atoms with van der Waals surface area (Å²) < 4.78 is 1.03. The van der Waals surface area contributed by atoms with Gasteiger partial charge in [0.25, 0.3) is 5.56 Å². The molecule has 4 N–H and O–H groups in total. The van der Waals surface area contributed by atoms with Gasteiger partial charge in [-0.1, -0.05) is 12.8 Å². The van der Waals surface area contributed by atoms with Crippen LogP contribution in [0.5, 0.6) is 0 Å². The van der Waals surface area contributed by atoms with E-state index in [9.17, 15) is 9.59 Å². The van der Waals surface area contributed by atoms with Gasteiger partial charge in [0.1, 0.15) is 5.82 Å². The van der Waals surface area contributed by atoms with Crippen molar-refractivity contribution in [1.82, 2.24) is 9.55 Å². The zero-order valence-corrected chi connectivity index (χ0v) is 9.90. The zero-order valence-electron chi connectivity index (χ0n) is 9.90. The number of hydrogen-bond acceptors (Lipinski definition) is 4. The Kier molecular flexibility index (Phi) is 3.33. The monoisotopic (exact) mass is 238 g/mol. The van der Waals surface area contributed by atoms with Crippen molar-refractivity contribution in [2.45, 2.75) is 37.8 Å². The molecule has 17 heavy (non-hydrogen) atoms. The van der Waals surface area contributed by atoms with Crippen LogP contribution in [-0.2, 0) is 7.05 Å². The van der Waals surface area contributed by atoms with E-state index in [-0.39, 0.29) is 17.6 Å². The van der Waals surface area contributed by atoms with Crippen LogP contribution in [-0.4, -0.2) is 21.6 Å². The van der Waals surface area contributed by atoms with Crippen molar-refractivity contribution in [3.8, 4) is 0 Å². The molecular formula is C11H18N4O2. The lowest BCUT2D eigenvalue weighted by molar-refractivity contribution is 0.403. The molecule has 94 valence electrons. The second-order valence-electron chi connectivity index (χ2n) is 4.58. The average molecular weight is 238 g/mol. The smallest absolute Gasteiger partial charge is 0.329 e. The maximum Gasteiger partial charge on any atom is 0.329 e. The first-order valence-electron chi connectivity index (χ1n) is 5.90. The molecule has 1 fully saturated rings. The summed E-state index contributed by atoms with van der Waals surface area (Å²) in [5.41, 5.74) is 5.26. The van der Waals surface area contributed by atoms with Gasteiger partial charge >= 0.3 is 5.69 Å². The predicted octanol–water partition coefficient (Wildman–Crippen LogP) is -0.245. The topological polar surface area (TPSA) is 92.9 Å². The molecule has 1 aliphatic carbocycles. The minimum atomic E-state index is -0.413. The van der Waals surface area contributed by atoms with E-state index >= 15 is 0 Å². The molecule has 0 aromatic carbocycles. The van der Waals surface area contributed by atoms with Gasteiger partial charge in [0.2, 0.25) is 0 Å². The third kappa shape index (κ3) is 2.58. The van der Waals surface area contributed by atoms with Gasteiger partial charge in [0, 0.05) is 25.2 Å². The van der Waals surface area contributed by atoms with E-state index in [1.54, 1.807) is 0 Å². The van der Waals surface area contributed by atoms with Crippen molar-refractivity contribution < 1.29 is 0 Å². The van der Waals surface area contributed by atoms with Crippen LogP contribution in [0.15, 0.2) is 15.7 Å². The Morgan fingerprint density at radius 2 is 2.12 bits per heavy atom. The van der Waals surface area contributed by atoms with Crippen molar-refractivity contribution in [3.63, 3.8) is 0 Å². The molecule has 6 nitrogen and oxygen atoms in total. The van der Waals surface area contributed by atoms with Crippen LogP contribution in [0, 0.1) is 0 Å². The maximum absolute atomic E-state index is 11.5. The molecular weight excluding hydrogens is 220 g/mol. The van der Waals surface area contributed by atoms with E-state index in [0.29, 0.717) is 5.82 Å². The van der Waals surface area contributed by atoms with Crippen molar-refractivity contribution >= 4 is 5.82 Å². The summed E-state index contributed by atoms with van der Waals surface area (Å²) >= 11 is 0. The van der Waals surface area contributed by atoms with E-state index in [1.165, 1.54) is 13.1 Å². The highest BCUT2D eigenvalue weighted by atomic mass is 16.2. The molecule has 2 unspecified atom stereocenters. The number of nitrogens with one attached hydrogen (secondary N) is 2. The fourth-order valence-corrected chi connectivity index (χ4v) is 2.17. The van der Waals surface area contributed by atoms with E-state index in [4.69, 9.17) is 5.73 Å². The Morgan fingerprint density at radius 1 is 1.41 bits per heavy atom. The minimum Gasteiger partial charge on any atom is -0.367 e. The Morgan fingerprint density at radius 3 is 2.76 bits per heavy atom. The number of anilines is 1. The highest BCUT2D eigenvalue weighted by molar-refractivity contribution is 5.34. The maximum atomic E-state index is 11.5. The van der Waals surface area contributed by atoms with E-state index in [0.717, 1.165) is 30.3 Å². The van der Waals surface area contributed by atoms with Crippen LogP contribution in [0.1, 0.15) is 25.7 Å². The molecule has 1 aromatic heterocycles. The lowest BCUT2D eigenvalue weighted by Crippen LogP contribution is -2.43. The number of rotatable bonds is 2. The zero-order chi connectivity index (χ0) is 12.4. The van der Waals surface area contributed by atoms with Crippen molar-refractivity contribution in [2.75, 3.05) is 5.32 Å². The normalized spacial score (nSPS) is 24.6. The van der Waals surface area contributed by atoms with Gasteiger partial charge in [-0.15, -0.1) is 0 Å². The highest BCUT2D eigenvalue weighted by Gasteiger charge is 2.21. The highest BCUT2D eigenvalue weighted by Crippen LogP contribution is 2.19. The number of H-pyrrole nitrogens is 1. The molecule has 0 spiro atoms. The molecule has 1 aromatic rings. The Balaban J connectivity index is 2.18. The lowest BCUT2D eigenvalue weighted by atomic mass is 9.91. The molecule has 1 heterocycles. The minimum absolute atomic E-state index is 0.0799. The quantitative estimate of drug-likeness (QED) is 0.662. The fraction of sp³-hybridized carbons (Fsp3) is 0.636. The summed E-state index contributed by atoms with van der Waals surface area (Å²) in [6, 6.07) is 1.60. The van der Waals surface area contributed by atoms with Crippen molar-refractivity contribution in [1.29, 1.82) is 0 Å². The molecule has 2 rings (SSSR count). The largest absolute Gasteiger partial charge is 0.367 e. The number of nitrogens with two attached hydrogens (primary N) is 1. The number of aromatic amines is 1. The first kappa shape index (κ1) is 11.9. The van der Waals surface area contributed by atoms with Crippen LogP contribution in [0.4, 0.5) is 5.82 Å². The summed E-state index contributed by atoms with van der Waals surface area (Å²) in [7, 11) is 1.44. The number of aromatic nitrogens is 2. The van der Waals surface area contributed by atoms with Gasteiger partial charge in [0.15, 0.2) is 0 Å². The van der Waals surface area contributed by atoms with E-state index < -0.39 is 5.69 Å². The van der Waals surface area contributed by atoms with E-state index in [2.05, 4.69) is 10.3 Å². The van der Waals surface area contributed by atoms with Gasteiger partial charge in [-0.3, -0.25) is 14.3 Å². The van der Waals surface area contributed by atoms with Crippen molar-refractivity contribution in [3.05, 3.63) is 26.9 Å². The molecule has 1 saturated carbocycles. The second-order valence-corrected chi connectivity index (χ2v) is 4.58. The third-order valence-corrected chi connectivity index (χ3v) is 3.30. The standard InChI is InChI=1S/C11H18N4O2/c1-15-10(16)6-9(14-11(15)17)13-8-5-3-2-4-7(8)12/h6-8,13H,2-5,12H2,1H3,(H,14,17). The molecule has 0 bridgehead atoms. The fourth-order valence-electron chi connectivity index (χ4n) is 2.17. The number of hydrogen-bond donors (Lipinski definition) is 3. The Labute approximate surface area is 98.8 Å². The van der Waals surface area contributed by atoms with Gasteiger partial charge in [-0.2, -0.15) is 0 Å². The summed E-state index contributed by atoms with van der Waals surface area (Å²) in [5.74, 6) is 0.459. The van der Waals surface area contributed by atoms with Crippen LogP contribution in [0.3, 0.4) is 0 Å². The van der Waals surface area contributed by atoms with Crippen LogP contribution < -0.4 is 22.3 Å². The molecule has 0 amide bonds. The molecule has 0 aliphatic heterocycles. The van der Waals surface area contributed by atoms with Gasteiger partial charge in [-0.25, -0.2) is 4.79 Å². The molecule has 1 aliphatic rings. The van der Waals surface area contributed by atoms with E-state index in [1.807, 2.05) is 0 Å². The predicted molar refractivity (Wildman–Crippen MR) is 66.2 cm³/mol. The first-order chi connectivity index (χ1) is 8.08. The third-order valence-electron chi connectivity index (χ3n) is 3.30. The molecule has 6 heteroatoms. The lowest BCUT2D eigenvalue weighted by Gasteiger charge is -2.29. The van der Waals surface area contributed by atoms with Crippen molar-refractivity contribution in [2.24, 2.45) is 12.8 Å². The van der Waals surface area contributed by atoms with Gasteiger partial charge < -0.3 is 11.1 Å². The number of nitrogens with zero attached hydrogens (tertiary/aromatic N) is 1. The molecule has 0 radical (unpaired) electrons. The summed E-state index contributed by atoms with van der Waals surface area (Å²) in [6.07, 6.45) is 4.22.